The lowest BCUT2D eigenvalue weighted by Gasteiger charge is -2.25. The van der Waals surface area contributed by atoms with E-state index in [4.69, 9.17) is 9.57 Å². The second-order valence-electron chi connectivity index (χ2n) is 7.35. The van der Waals surface area contributed by atoms with Crippen LogP contribution in [0.15, 0.2) is 84.0 Å². The number of benzene rings is 3. The van der Waals surface area contributed by atoms with Crippen LogP contribution in [-0.4, -0.2) is 36.3 Å². The Morgan fingerprint density at radius 2 is 1.87 bits per heavy atom. The summed E-state index contributed by atoms with van der Waals surface area (Å²) in [6, 6.07) is 23.3. The number of nitrogens with zero attached hydrogens (tertiary/aromatic N) is 2. The maximum atomic E-state index is 14.3. The van der Waals surface area contributed by atoms with Crippen LogP contribution >= 0.6 is 0 Å². The monoisotopic (exact) mass is 418 g/mol. The highest BCUT2D eigenvalue weighted by Gasteiger charge is 2.28. The molecule has 6 heteroatoms. The predicted molar refractivity (Wildman–Crippen MR) is 117 cm³/mol. The first-order valence-electron chi connectivity index (χ1n) is 10.1. The maximum absolute atomic E-state index is 14.3. The molecule has 3 aromatic rings. The van der Waals surface area contributed by atoms with Crippen LogP contribution in [0.2, 0.25) is 0 Å². The summed E-state index contributed by atoms with van der Waals surface area (Å²) in [7, 11) is 1.59. The van der Waals surface area contributed by atoms with Crippen molar-refractivity contribution in [3.05, 3.63) is 101 Å². The van der Waals surface area contributed by atoms with Crippen LogP contribution in [0.3, 0.4) is 0 Å². The molecule has 1 aliphatic heterocycles. The van der Waals surface area contributed by atoms with Gasteiger partial charge in [0, 0.05) is 13.0 Å². The zero-order chi connectivity index (χ0) is 21.6. The number of carbonyl (C=O) groups is 1. The standard InChI is InChI=1S/C25H23FN2O3/c1-30-20-11-7-8-18(14-20)16-28(25(29)22-12-5-6-13-23(22)26)17-21-15-24(27-31-21)19-9-3-2-4-10-19/h2-14,21H,15-17H2,1H3. The van der Waals surface area contributed by atoms with E-state index in [2.05, 4.69) is 5.16 Å². The number of ether oxygens (including phenoxy) is 1. The van der Waals surface area contributed by atoms with Gasteiger partial charge in [0.25, 0.3) is 5.91 Å². The molecule has 5 nitrogen and oxygen atoms in total. The largest absolute Gasteiger partial charge is 0.497 e. The smallest absolute Gasteiger partial charge is 0.257 e. The van der Waals surface area contributed by atoms with E-state index < -0.39 is 11.7 Å². The molecule has 0 N–H and O–H groups in total. The summed E-state index contributed by atoms with van der Waals surface area (Å²) in [5.41, 5.74) is 2.74. The van der Waals surface area contributed by atoms with Crippen LogP contribution in [0.4, 0.5) is 4.39 Å². The molecule has 1 atom stereocenters. The number of rotatable bonds is 7. The molecule has 0 saturated carbocycles. The van der Waals surface area contributed by atoms with Crippen LogP contribution in [0, 0.1) is 5.82 Å². The quantitative estimate of drug-likeness (QED) is 0.560. The van der Waals surface area contributed by atoms with Gasteiger partial charge in [-0.3, -0.25) is 4.79 Å². The second kappa shape index (κ2) is 9.43. The van der Waals surface area contributed by atoms with Crippen LogP contribution in [0.5, 0.6) is 5.75 Å². The molecular formula is C25H23FN2O3. The number of carbonyl (C=O) groups excluding carboxylic acids is 1. The van der Waals surface area contributed by atoms with Crippen molar-refractivity contribution in [2.45, 2.75) is 19.1 Å². The van der Waals surface area contributed by atoms with Crippen molar-refractivity contribution in [2.24, 2.45) is 5.16 Å². The molecule has 1 heterocycles. The van der Waals surface area contributed by atoms with Crippen LogP contribution in [-0.2, 0) is 11.4 Å². The van der Waals surface area contributed by atoms with Crippen LogP contribution < -0.4 is 4.74 Å². The average Bonchev–Trinajstić information content (AvgIpc) is 3.28. The third-order valence-corrected chi connectivity index (χ3v) is 5.16. The van der Waals surface area contributed by atoms with Gasteiger partial charge < -0.3 is 14.5 Å². The van der Waals surface area contributed by atoms with E-state index >= 15 is 0 Å². The van der Waals surface area contributed by atoms with Gasteiger partial charge in [-0.25, -0.2) is 4.39 Å². The predicted octanol–water partition coefficient (Wildman–Crippen LogP) is 4.67. The molecule has 0 aliphatic carbocycles. The molecule has 0 bridgehead atoms. The van der Waals surface area contributed by atoms with E-state index in [1.165, 1.54) is 12.1 Å². The van der Waals surface area contributed by atoms with Crippen molar-refractivity contribution in [1.82, 2.24) is 4.90 Å². The van der Waals surface area contributed by atoms with Crippen molar-refractivity contribution in [3.8, 4) is 5.75 Å². The Labute approximate surface area is 180 Å². The van der Waals surface area contributed by atoms with Crippen molar-refractivity contribution < 1.29 is 18.8 Å². The molecule has 1 amide bonds. The highest BCUT2D eigenvalue weighted by molar-refractivity contribution is 6.01. The van der Waals surface area contributed by atoms with Gasteiger partial charge in [0.15, 0.2) is 6.10 Å². The van der Waals surface area contributed by atoms with E-state index in [1.807, 2.05) is 54.6 Å². The molecule has 3 aromatic carbocycles. The van der Waals surface area contributed by atoms with Gasteiger partial charge in [-0.1, -0.05) is 59.8 Å². The molecule has 4 rings (SSSR count). The molecule has 158 valence electrons. The van der Waals surface area contributed by atoms with Gasteiger partial charge >= 0.3 is 0 Å². The number of hydrogen-bond donors (Lipinski definition) is 0. The number of hydrogen-bond acceptors (Lipinski definition) is 4. The Morgan fingerprint density at radius 1 is 1.10 bits per heavy atom. The van der Waals surface area contributed by atoms with Gasteiger partial charge in [0.2, 0.25) is 0 Å². The van der Waals surface area contributed by atoms with Crippen LogP contribution in [0.25, 0.3) is 0 Å². The zero-order valence-corrected chi connectivity index (χ0v) is 17.2. The summed E-state index contributed by atoms with van der Waals surface area (Å²) in [5, 5.41) is 4.21. The molecule has 1 aliphatic rings. The van der Waals surface area contributed by atoms with Gasteiger partial charge in [-0.2, -0.15) is 0 Å². The molecule has 0 spiro atoms. The third kappa shape index (κ3) is 4.91. The first kappa shape index (κ1) is 20.6. The highest BCUT2D eigenvalue weighted by atomic mass is 19.1. The van der Waals surface area contributed by atoms with Gasteiger partial charge in [-0.15, -0.1) is 0 Å². The summed E-state index contributed by atoms with van der Waals surface area (Å²) in [6.07, 6.45) is 0.264. The minimum absolute atomic E-state index is 0.0348. The number of halogens is 1. The fourth-order valence-corrected chi connectivity index (χ4v) is 3.59. The lowest BCUT2D eigenvalue weighted by Crippen LogP contribution is -2.37. The molecule has 0 aromatic heterocycles. The number of oxime groups is 1. The Bertz CT molecular complexity index is 1080. The Balaban J connectivity index is 1.54. The Kier molecular flexibility index (Phi) is 6.26. The van der Waals surface area contributed by atoms with Crippen molar-refractivity contribution in [1.29, 1.82) is 0 Å². The van der Waals surface area contributed by atoms with E-state index in [-0.39, 0.29) is 18.2 Å². The minimum atomic E-state index is -0.545. The molecule has 0 saturated heterocycles. The minimum Gasteiger partial charge on any atom is -0.497 e. The summed E-state index contributed by atoms with van der Waals surface area (Å²) in [6.45, 7) is 0.578. The summed E-state index contributed by atoms with van der Waals surface area (Å²) >= 11 is 0. The van der Waals surface area contributed by atoms with Gasteiger partial charge in [-0.05, 0) is 35.4 Å². The second-order valence-corrected chi connectivity index (χ2v) is 7.35. The molecule has 1 unspecified atom stereocenters. The fourth-order valence-electron chi connectivity index (χ4n) is 3.59. The Morgan fingerprint density at radius 3 is 2.65 bits per heavy atom. The van der Waals surface area contributed by atoms with Crippen molar-refractivity contribution in [3.63, 3.8) is 0 Å². The SMILES string of the molecule is COc1cccc(CN(CC2CC(c3ccccc3)=NO2)C(=O)c2ccccc2F)c1. The fraction of sp³-hybridized carbons (Fsp3) is 0.200. The lowest BCUT2D eigenvalue weighted by molar-refractivity contribution is 0.0402. The molecule has 31 heavy (non-hydrogen) atoms. The number of amides is 1. The van der Waals surface area contributed by atoms with Crippen molar-refractivity contribution in [2.75, 3.05) is 13.7 Å². The van der Waals surface area contributed by atoms with E-state index in [0.29, 0.717) is 18.7 Å². The van der Waals surface area contributed by atoms with E-state index in [0.717, 1.165) is 16.8 Å². The lowest BCUT2D eigenvalue weighted by atomic mass is 10.0. The first-order valence-corrected chi connectivity index (χ1v) is 10.1. The van der Waals surface area contributed by atoms with Gasteiger partial charge in [0.05, 0.1) is 24.9 Å². The van der Waals surface area contributed by atoms with Crippen molar-refractivity contribution >= 4 is 11.6 Å². The molecular weight excluding hydrogens is 395 g/mol. The number of methoxy groups -OCH3 is 1. The molecule has 0 radical (unpaired) electrons. The normalized spacial score (nSPS) is 15.2. The highest BCUT2D eigenvalue weighted by Crippen LogP contribution is 2.21. The Hall–Kier alpha value is -3.67. The summed E-state index contributed by atoms with van der Waals surface area (Å²) in [4.78, 5) is 20.4. The third-order valence-electron chi connectivity index (χ3n) is 5.16. The average molecular weight is 418 g/mol. The molecule has 0 fully saturated rings. The summed E-state index contributed by atoms with van der Waals surface area (Å²) < 4.78 is 19.6. The maximum Gasteiger partial charge on any atom is 0.257 e. The first-order chi connectivity index (χ1) is 15.1. The van der Waals surface area contributed by atoms with E-state index in [9.17, 15) is 9.18 Å². The zero-order valence-electron chi connectivity index (χ0n) is 17.2. The summed E-state index contributed by atoms with van der Waals surface area (Å²) in [5.74, 6) is -0.239. The van der Waals surface area contributed by atoms with Gasteiger partial charge in [0.1, 0.15) is 11.6 Å². The van der Waals surface area contributed by atoms with E-state index in [1.54, 1.807) is 24.1 Å². The topological polar surface area (TPSA) is 51.1 Å². The van der Waals surface area contributed by atoms with Crippen LogP contribution in [0.1, 0.15) is 27.9 Å².